The van der Waals surface area contributed by atoms with Crippen LogP contribution in [-0.4, -0.2) is 17.0 Å². The van der Waals surface area contributed by atoms with Crippen molar-refractivity contribution in [3.8, 4) is 0 Å². The number of amides is 2. The average molecular weight is 361 g/mol. The molecule has 1 aliphatic rings. The van der Waals surface area contributed by atoms with Gasteiger partial charge < -0.3 is 4.52 Å². The zero-order valence-electron chi connectivity index (χ0n) is 14.8. The molecular weight excluding hydrogens is 338 g/mol. The maximum Gasteiger partial charge on any atom is 0.279 e. The van der Waals surface area contributed by atoms with E-state index in [1.807, 2.05) is 19.9 Å². The van der Waals surface area contributed by atoms with Crippen molar-refractivity contribution in [1.82, 2.24) is 16.0 Å². The molecule has 2 amide bonds. The first kappa shape index (κ1) is 17.7. The van der Waals surface area contributed by atoms with E-state index >= 15 is 0 Å². The van der Waals surface area contributed by atoms with E-state index in [0.29, 0.717) is 17.2 Å². The number of carbonyl (C=O) groups excluding carboxylic acids is 2. The Labute approximate surface area is 150 Å². The van der Waals surface area contributed by atoms with Gasteiger partial charge in [0, 0.05) is 16.9 Å². The first-order valence-corrected chi connectivity index (χ1v) is 9.38. The molecule has 2 heterocycles. The Balaban J connectivity index is 1.50. The summed E-state index contributed by atoms with van der Waals surface area (Å²) in [5.41, 5.74) is 8.02. The predicted octanol–water partition coefficient (Wildman–Crippen LogP) is 2.87. The highest BCUT2D eigenvalue weighted by molar-refractivity contribution is 7.14. The number of thiophene rings is 1. The zero-order chi connectivity index (χ0) is 18.0. The molecule has 7 heteroatoms. The molecule has 1 atom stereocenters. The van der Waals surface area contributed by atoms with Gasteiger partial charge in [0.05, 0.1) is 10.6 Å². The molecule has 0 spiro atoms. The quantitative estimate of drug-likeness (QED) is 0.820. The van der Waals surface area contributed by atoms with Crippen LogP contribution in [0.1, 0.15) is 56.9 Å². The molecule has 0 aromatic carbocycles. The van der Waals surface area contributed by atoms with E-state index in [9.17, 15) is 9.59 Å². The monoisotopic (exact) mass is 361 g/mol. The standard InChI is InChI=1S/C18H23N3O3S/c1-10-4-6-15-13(8-10)9-16(25-15)18(23)20-19-17(22)7-5-14-11(2)21-24-12(14)3/h9-10H,4-8H2,1-3H3,(H,19,22)(H,20,23). The van der Waals surface area contributed by atoms with Gasteiger partial charge in [-0.15, -0.1) is 11.3 Å². The number of hydrogen-bond acceptors (Lipinski definition) is 5. The van der Waals surface area contributed by atoms with E-state index in [-0.39, 0.29) is 18.2 Å². The third kappa shape index (κ3) is 4.10. The molecule has 25 heavy (non-hydrogen) atoms. The van der Waals surface area contributed by atoms with E-state index in [1.165, 1.54) is 28.2 Å². The van der Waals surface area contributed by atoms with Crippen LogP contribution >= 0.6 is 11.3 Å². The van der Waals surface area contributed by atoms with Crippen LogP contribution in [0.5, 0.6) is 0 Å². The Morgan fingerprint density at radius 2 is 2.16 bits per heavy atom. The molecule has 134 valence electrons. The zero-order valence-corrected chi connectivity index (χ0v) is 15.6. The first-order valence-electron chi connectivity index (χ1n) is 8.56. The summed E-state index contributed by atoms with van der Waals surface area (Å²) in [5.74, 6) is 0.913. The van der Waals surface area contributed by atoms with Gasteiger partial charge in [0.1, 0.15) is 5.76 Å². The fourth-order valence-electron chi connectivity index (χ4n) is 3.17. The highest BCUT2D eigenvalue weighted by Crippen LogP contribution is 2.32. The smallest absolute Gasteiger partial charge is 0.279 e. The second-order valence-corrected chi connectivity index (χ2v) is 7.85. The molecule has 2 N–H and O–H groups in total. The lowest BCUT2D eigenvalue weighted by molar-refractivity contribution is -0.121. The summed E-state index contributed by atoms with van der Waals surface area (Å²) >= 11 is 1.53. The van der Waals surface area contributed by atoms with Crippen molar-refractivity contribution in [1.29, 1.82) is 0 Å². The van der Waals surface area contributed by atoms with E-state index in [2.05, 4.69) is 22.9 Å². The lowest BCUT2D eigenvalue weighted by Crippen LogP contribution is -2.41. The van der Waals surface area contributed by atoms with Crippen molar-refractivity contribution < 1.29 is 14.1 Å². The number of carbonyl (C=O) groups is 2. The summed E-state index contributed by atoms with van der Waals surface area (Å²) in [6.45, 7) is 5.92. The third-order valence-corrected chi connectivity index (χ3v) is 5.89. The third-order valence-electron chi connectivity index (χ3n) is 4.65. The molecular formula is C18H23N3O3S. The number of rotatable bonds is 4. The molecule has 0 bridgehead atoms. The van der Waals surface area contributed by atoms with Gasteiger partial charge in [-0.05, 0) is 57.1 Å². The molecule has 0 radical (unpaired) electrons. The number of aryl methyl sites for hydroxylation is 3. The van der Waals surface area contributed by atoms with Crippen molar-refractivity contribution in [2.45, 2.75) is 52.9 Å². The van der Waals surface area contributed by atoms with Crippen LogP contribution in [0.15, 0.2) is 10.6 Å². The van der Waals surface area contributed by atoms with Gasteiger partial charge in [-0.25, -0.2) is 0 Å². The lowest BCUT2D eigenvalue weighted by atomic mass is 9.90. The summed E-state index contributed by atoms with van der Waals surface area (Å²) in [6, 6.07) is 1.96. The Hall–Kier alpha value is -2.15. The Morgan fingerprint density at radius 3 is 2.88 bits per heavy atom. The highest BCUT2D eigenvalue weighted by atomic mass is 32.1. The minimum atomic E-state index is -0.252. The summed E-state index contributed by atoms with van der Waals surface area (Å²) in [5, 5.41) is 3.87. The second kappa shape index (κ2) is 7.39. The molecule has 0 fully saturated rings. The van der Waals surface area contributed by atoms with Gasteiger partial charge in [-0.1, -0.05) is 12.1 Å². The van der Waals surface area contributed by atoms with Gasteiger partial charge in [0.25, 0.3) is 5.91 Å². The van der Waals surface area contributed by atoms with Crippen molar-refractivity contribution >= 4 is 23.2 Å². The largest absolute Gasteiger partial charge is 0.361 e. The van der Waals surface area contributed by atoms with Crippen LogP contribution in [0.2, 0.25) is 0 Å². The van der Waals surface area contributed by atoms with Crippen molar-refractivity contribution in [2.75, 3.05) is 0 Å². The fourth-order valence-corrected chi connectivity index (χ4v) is 4.27. The maximum atomic E-state index is 12.2. The second-order valence-electron chi connectivity index (χ2n) is 6.71. The van der Waals surface area contributed by atoms with E-state index < -0.39 is 0 Å². The van der Waals surface area contributed by atoms with Crippen LogP contribution in [0.3, 0.4) is 0 Å². The van der Waals surface area contributed by atoms with Crippen molar-refractivity contribution in [3.63, 3.8) is 0 Å². The van der Waals surface area contributed by atoms with Gasteiger partial charge in [0.15, 0.2) is 0 Å². The van der Waals surface area contributed by atoms with Crippen LogP contribution in [0.4, 0.5) is 0 Å². The van der Waals surface area contributed by atoms with Gasteiger partial charge in [-0.3, -0.25) is 20.4 Å². The number of aromatic nitrogens is 1. The van der Waals surface area contributed by atoms with Crippen molar-refractivity contribution in [3.05, 3.63) is 38.4 Å². The Morgan fingerprint density at radius 1 is 1.36 bits per heavy atom. The van der Waals surface area contributed by atoms with Gasteiger partial charge >= 0.3 is 0 Å². The van der Waals surface area contributed by atoms with Crippen LogP contribution in [0, 0.1) is 19.8 Å². The normalized spacial score (nSPS) is 16.4. The minimum absolute atomic E-state index is 0.233. The van der Waals surface area contributed by atoms with E-state index in [1.54, 1.807) is 0 Å². The topological polar surface area (TPSA) is 84.2 Å². The number of hydrogen-bond donors (Lipinski definition) is 2. The summed E-state index contributed by atoms with van der Waals surface area (Å²) in [6.07, 6.45) is 4.05. The molecule has 2 aromatic rings. The van der Waals surface area contributed by atoms with Crippen LogP contribution in [0.25, 0.3) is 0 Å². The number of hydrazine groups is 1. The first-order chi connectivity index (χ1) is 11.9. The van der Waals surface area contributed by atoms with E-state index in [4.69, 9.17) is 4.52 Å². The molecule has 1 unspecified atom stereocenters. The van der Waals surface area contributed by atoms with Gasteiger partial charge in [0.2, 0.25) is 5.91 Å². The molecule has 3 rings (SSSR count). The molecule has 0 saturated carbocycles. The average Bonchev–Trinajstić information content (AvgIpc) is 3.14. The molecule has 6 nitrogen and oxygen atoms in total. The summed E-state index contributed by atoms with van der Waals surface area (Å²) < 4.78 is 5.08. The SMILES string of the molecule is Cc1noc(C)c1CCC(=O)NNC(=O)c1cc2c(s1)CCC(C)C2. The molecule has 2 aromatic heterocycles. The molecule has 0 aliphatic heterocycles. The Bertz CT molecular complexity index is 774. The van der Waals surface area contributed by atoms with E-state index in [0.717, 1.165) is 29.9 Å². The van der Waals surface area contributed by atoms with Crippen molar-refractivity contribution in [2.24, 2.45) is 5.92 Å². The maximum absolute atomic E-state index is 12.2. The predicted molar refractivity (Wildman–Crippen MR) is 95.4 cm³/mol. The van der Waals surface area contributed by atoms with Crippen LogP contribution in [-0.2, 0) is 24.1 Å². The minimum Gasteiger partial charge on any atom is -0.361 e. The number of nitrogens with one attached hydrogen (secondary N) is 2. The molecule has 0 saturated heterocycles. The fraction of sp³-hybridized carbons (Fsp3) is 0.500. The lowest BCUT2D eigenvalue weighted by Gasteiger charge is -2.16. The summed E-state index contributed by atoms with van der Waals surface area (Å²) in [7, 11) is 0. The number of fused-ring (bicyclic) bond motifs is 1. The van der Waals surface area contributed by atoms with Crippen LogP contribution < -0.4 is 10.9 Å². The highest BCUT2D eigenvalue weighted by Gasteiger charge is 2.21. The van der Waals surface area contributed by atoms with Gasteiger partial charge in [-0.2, -0.15) is 0 Å². The summed E-state index contributed by atoms with van der Waals surface area (Å²) in [4.78, 5) is 26.2. The molecule has 1 aliphatic carbocycles. The number of nitrogens with zero attached hydrogens (tertiary/aromatic N) is 1. The Kier molecular flexibility index (Phi) is 5.22.